The molecule has 0 spiro atoms. The predicted molar refractivity (Wildman–Crippen MR) is 151 cm³/mol. The summed E-state index contributed by atoms with van der Waals surface area (Å²) < 4.78 is 13.5. The Labute approximate surface area is 221 Å². The van der Waals surface area contributed by atoms with E-state index in [0.29, 0.717) is 66.9 Å². The molecular formula is C31H41O5P. The van der Waals surface area contributed by atoms with Crippen molar-refractivity contribution < 1.29 is 23.7 Å². The first-order chi connectivity index (χ1) is 17.4. The van der Waals surface area contributed by atoms with Crippen molar-refractivity contribution in [3.05, 3.63) is 70.8 Å². The SMILES string of the molecule is CCCCC(=O)c1ccc(C(=O)CCCP(C)(=O)C(C)(C)CCCC(=O)c2ccc(C(C)=O)cc2)cc1. The van der Waals surface area contributed by atoms with Gasteiger partial charge in [-0.15, -0.1) is 0 Å². The van der Waals surface area contributed by atoms with Gasteiger partial charge in [-0.2, -0.15) is 0 Å². The molecule has 1 atom stereocenters. The van der Waals surface area contributed by atoms with Gasteiger partial charge in [0.05, 0.1) is 7.14 Å². The first-order valence-corrected chi connectivity index (χ1v) is 15.6. The molecule has 0 saturated heterocycles. The van der Waals surface area contributed by atoms with E-state index >= 15 is 0 Å². The first kappa shape index (κ1) is 30.6. The molecule has 37 heavy (non-hydrogen) atoms. The van der Waals surface area contributed by atoms with Crippen molar-refractivity contribution in [2.75, 3.05) is 12.8 Å². The molecule has 1 unspecified atom stereocenters. The van der Waals surface area contributed by atoms with Crippen molar-refractivity contribution in [3.8, 4) is 0 Å². The highest BCUT2D eigenvalue weighted by atomic mass is 31.2. The average Bonchev–Trinajstić information content (AvgIpc) is 2.86. The molecule has 0 bridgehead atoms. The van der Waals surface area contributed by atoms with Crippen LogP contribution >= 0.6 is 7.14 Å². The first-order valence-electron chi connectivity index (χ1n) is 13.3. The van der Waals surface area contributed by atoms with Crippen molar-refractivity contribution in [2.24, 2.45) is 0 Å². The van der Waals surface area contributed by atoms with Crippen LogP contribution in [-0.4, -0.2) is 41.1 Å². The average molecular weight is 525 g/mol. The number of carbonyl (C=O) groups is 4. The van der Waals surface area contributed by atoms with Gasteiger partial charge < -0.3 is 4.57 Å². The summed E-state index contributed by atoms with van der Waals surface area (Å²) in [6.07, 6.45) is 5.31. The number of rotatable bonds is 16. The lowest BCUT2D eigenvalue weighted by atomic mass is 9.99. The molecule has 6 heteroatoms. The van der Waals surface area contributed by atoms with Gasteiger partial charge in [0.15, 0.2) is 23.1 Å². The summed E-state index contributed by atoms with van der Waals surface area (Å²) in [5.41, 5.74) is 2.38. The molecule has 0 saturated carbocycles. The van der Waals surface area contributed by atoms with E-state index < -0.39 is 12.3 Å². The van der Waals surface area contributed by atoms with Gasteiger partial charge in [-0.1, -0.05) is 75.7 Å². The summed E-state index contributed by atoms with van der Waals surface area (Å²) in [5, 5.41) is -0.435. The highest BCUT2D eigenvalue weighted by Crippen LogP contribution is 2.57. The molecule has 0 radical (unpaired) electrons. The fraction of sp³-hybridized carbons (Fsp3) is 0.484. The summed E-state index contributed by atoms with van der Waals surface area (Å²) in [5.74, 6) is 0.0724. The quantitative estimate of drug-likeness (QED) is 0.164. The van der Waals surface area contributed by atoms with Crippen molar-refractivity contribution in [1.82, 2.24) is 0 Å². The van der Waals surface area contributed by atoms with E-state index in [2.05, 4.69) is 0 Å². The fourth-order valence-electron chi connectivity index (χ4n) is 4.27. The van der Waals surface area contributed by atoms with Crippen LogP contribution in [0, 0.1) is 0 Å². The van der Waals surface area contributed by atoms with Gasteiger partial charge in [0.1, 0.15) is 0 Å². The molecule has 2 aromatic carbocycles. The van der Waals surface area contributed by atoms with Gasteiger partial charge in [0.25, 0.3) is 0 Å². The Kier molecular flexibility index (Phi) is 11.4. The molecular weight excluding hydrogens is 483 g/mol. The van der Waals surface area contributed by atoms with Crippen LogP contribution in [0.4, 0.5) is 0 Å². The molecule has 0 heterocycles. The van der Waals surface area contributed by atoms with Crippen molar-refractivity contribution in [1.29, 1.82) is 0 Å². The van der Waals surface area contributed by atoms with Crippen LogP contribution in [0.15, 0.2) is 48.5 Å². The smallest absolute Gasteiger partial charge is 0.162 e. The third-order valence-corrected chi connectivity index (χ3v) is 11.3. The van der Waals surface area contributed by atoms with E-state index in [9.17, 15) is 23.7 Å². The van der Waals surface area contributed by atoms with Gasteiger partial charge in [0, 0.05) is 52.8 Å². The summed E-state index contributed by atoms with van der Waals surface area (Å²) >= 11 is 0. The number of hydrogen-bond donors (Lipinski definition) is 0. The molecule has 0 aromatic heterocycles. The van der Waals surface area contributed by atoms with Crippen molar-refractivity contribution >= 4 is 30.3 Å². The van der Waals surface area contributed by atoms with Gasteiger partial charge in [-0.3, -0.25) is 19.2 Å². The number of unbranched alkanes of at least 4 members (excludes halogenated alkanes) is 1. The van der Waals surface area contributed by atoms with E-state index in [-0.39, 0.29) is 23.1 Å². The molecule has 2 rings (SSSR count). The van der Waals surface area contributed by atoms with Gasteiger partial charge >= 0.3 is 0 Å². The van der Waals surface area contributed by atoms with E-state index in [1.807, 2.05) is 20.8 Å². The van der Waals surface area contributed by atoms with Crippen LogP contribution in [0.5, 0.6) is 0 Å². The normalized spacial score (nSPS) is 13.1. The molecule has 200 valence electrons. The Morgan fingerprint density at radius 3 is 1.46 bits per heavy atom. The van der Waals surface area contributed by atoms with E-state index in [1.165, 1.54) is 6.92 Å². The van der Waals surface area contributed by atoms with Crippen LogP contribution in [0.3, 0.4) is 0 Å². The van der Waals surface area contributed by atoms with E-state index in [0.717, 1.165) is 12.8 Å². The number of benzene rings is 2. The lowest BCUT2D eigenvalue weighted by Gasteiger charge is -2.32. The molecule has 0 amide bonds. The molecule has 0 aliphatic heterocycles. The van der Waals surface area contributed by atoms with Crippen LogP contribution in [0.25, 0.3) is 0 Å². The molecule has 0 fully saturated rings. The highest BCUT2D eigenvalue weighted by molar-refractivity contribution is 7.64. The third-order valence-electron chi connectivity index (χ3n) is 7.36. The minimum absolute atomic E-state index is 0.00764. The summed E-state index contributed by atoms with van der Waals surface area (Å²) in [6.45, 7) is 9.31. The lowest BCUT2D eigenvalue weighted by molar-refractivity contribution is 0.0969. The Balaban J connectivity index is 1.82. The minimum Gasteiger partial charge on any atom is -0.323 e. The lowest BCUT2D eigenvalue weighted by Crippen LogP contribution is -2.22. The highest BCUT2D eigenvalue weighted by Gasteiger charge is 2.35. The molecule has 0 N–H and O–H groups in total. The summed E-state index contributed by atoms with van der Waals surface area (Å²) in [4.78, 5) is 48.7. The Bertz CT molecular complexity index is 1140. The topological polar surface area (TPSA) is 85.3 Å². The van der Waals surface area contributed by atoms with Crippen LogP contribution in [0.1, 0.15) is 120 Å². The maximum atomic E-state index is 13.5. The van der Waals surface area contributed by atoms with E-state index in [1.54, 1.807) is 55.2 Å². The zero-order chi connectivity index (χ0) is 27.6. The molecule has 0 aliphatic rings. The number of hydrogen-bond acceptors (Lipinski definition) is 5. The largest absolute Gasteiger partial charge is 0.323 e. The van der Waals surface area contributed by atoms with Crippen molar-refractivity contribution in [2.45, 2.75) is 84.2 Å². The second kappa shape index (κ2) is 13.8. The standard InChI is InChI=1S/C31H41O5P/c1-6-7-10-28(33)26-17-19-27(20-18-26)30(35)12-9-22-37(5,36)31(3,4)21-8-11-29(34)25-15-13-24(14-16-25)23(2)32/h13-20H,6-12,21-22H2,1-5H3. The van der Waals surface area contributed by atoms with Gasteiger partial charge in [0.2, 0.25) is 0 Å². The molecule has 0 aliphatic carbocycles. The second-order valence-corrected chi connectivity index (χ2v) is 14.5. The van der Waals surface area contributed by atoms with Gasteiger partial charge in [-0.25, -0.2) is 0 Å². The number of Topliss-reactive ketones (excluding diaryl/α,β-unsaturated/α-hetero) is 4. The number of carbonyl (C=O) groups excluding carboxylic acids is 4. The molecule has 5 nitrogen and oxygen atoms in total. The summed E-state index contributed by atoms with van der Waals surface area (Å²) in [7, 11) is -2.57. The maximum absolute atomic E-state index is 13.5. The summed E-state index contributed by atoms with van der Waals surface area (Å²) in [6, 6.07) is 13.6. The zero-order valence-corrected chi connectivity index (χ0v) is 23.9. The minimum atomic E-state index is -2.57. The monoisotopic (exact) mass is 524 g/mol. The van der Waals surface area contributed by atoms with Crippen LogP contribution < -0.4 is 0 Å². The fourth-order valence-corrected chi connectivity index (χ4v) is 6.26. The van der Waals surface area contributed by atoms with Crippen LogP contribution in [-0.2, 0) is 4.57 Å². The Hall–Kier alpha value is -2.65. The maximum Gasteiger partial charge on any atom is 0.162 e. The van der Waals surface area contributed by atoms with Crippen LogP contribution in [0.2, 0.25) is 0 Å². The molecule has 2 aromatic rings. The van der Waals surface area contributed by atoms with E-state index in [4.69, 9.17) is 0 Å². The van der Waals surface area contributed by atoms with Gasteiger partial charge in [-0.05, 0) is 39.3 Å². The Morgan fingerprint density at radius 2 is 1.05 bits per heavy atom. The Morgan fingerprint density at radius 1 is 0.676 bits per heavy atom. The number of ketones is 4. The van der Waals surface area contributed by atoms with Crippen molar-refractivity contribution in [3.63, 3.8) is 0 Å². The zero-order valence-electron chi connectivity index (χ0n) is 23.0. The second-order valence-electron chi connectivity index (χ2n) is 10.7. The third kappa shape index (κ3) is 9.00. The predicted octanol–water partition coefficient (Wildman–Crippen LogP) is 8.05.